The molecule has 162 valence electrons. The highest BCUT2D eigenvalue weighted by atomic mass is 35.5. The molecule has 2 aromatic rings. The molecule has 0 aromatic heterocycles. The quantitative estimate of drug-likeness (QED) is 0.452. The van der Waals surface area contributed by atoms with E-state index in [1.54, 1.807) is 52.3 Å². The van der Waals surface area contributed by atoms with Gasteiger partial charge in [0, 0.05) is 41.8 Å². The number of carbonyl (C=O) groups is 3. The molecule has 31 heavy (non-hydrogen) atoms. The molecule has 0 radical (unpaired) electrons. The highest BCUT2D eigenvalue weighted by Gasteiger charge is 2.40. The highest BCUT2D eigenvalue weighted by Crippen LogP contribution is 2.30. The molecular formula is C23H21Cl3N2O3. The van der Waals surface area contributed by atoms with Crippen molar-refractivity contribution in [2.75, 3.05) is 24.5 Å². The topological polar surface area (TPSA) is 57.7 Å². The van der Waals surface area contributed by atoms with Gasteiger partial charge in [0.1, 0.15) is 5.92 Å². The van der Waals surface area contributed by atoms with E-state index in [4.69, 9.17) is 34.8 Å². The second-order valence-electron chi connectivity index (χ2n) is 7.90. The molecule has 0 N–H and O–H groups in total. The predicted octanol–water partition coefficient (Wildman–Crippen LogP) is 5.12. The largest absolute Gasteiger partial charge is 0.342 e. The summed E-state index contributed by atoms with van der Waals surface area (Å²) in [7, 11) is 0. The van der Waals surface area contributed by atoms with Crippen LogP contribution in [0.15, 0.2) is 42.5 Å². The summed E-state index contributed by atoms with van der Waals surface area (Å²) in [5.74, 6) is -1.16. The first-order chi connectivity index (χ1) is 14.8. The smallest absolute Gasteiger partial charge is 0.239 e. The lowest BCUT2D eigenvalue weighted by Gasteiger charge is -2.32. The second-order valence-corrected chi connectivity index (χ2v) is 9.15. The third-order valence-electron chi connectivity index (χ3n) is 6.02. The Morgan fingerprint density at radius 3 is 2.16 bits per heavy atom. The number of halogens is 3. The molecule has 0 bridgehead atoms. The number of piperidine rings is 1. The predicted molar refractivity (Wildman–Crippen MR) is 122 cm³/mol. The Balaban J connectivity index is 1.36. The number of benzene rings is 2. The van der Waals surface area contributed by atoms with Crippen LogP contribution in [0, 0.1) is 11.8 Å². The fourth-order valence-electron chi connectivity index (χ4n) is 4.25. The number of Topliss-reactive ketones (excluding diaryl/α,β-unsaturated/α-hetero) is 1. The zero-order chi connectivity index (χ0) is 22.1. The van der Waals surface area contributed by atoms with Crippen molar-refractivity contribution in [2.45, 2.75) is 19.3 Å². The van der Waals surface area contributed by atoms with E-state index in [2.05, 4.69) is 0 Å². The van der Waals surface area contributed by atoms with Crippen molar-refractivity contribution in [2.24, 2.45) is 11.8 Å². The van der Waals surface area contributed by atoms with E-state index >= 15 is 0 Å². The van der Waals surface area contributed by atoms with E-state index in [1.807, 2.05) is 0 Å². The Morgan fingerprint density at radius 1 is 0.839 bits per heavy atom. The van der Waals surface area contributed by atoms with Gasteiger partial charge < -0.3 is 9.80 Å². The summed E-state index contributed by atoms with van der Waals surface area (Å²) >= 11 is 17.9. The number of nitrogens with zero attached hydrogens (tertiary/aromatic N) is 2. The maximum Gasteiger partial charge on any atom is 0.239 e. The van der Waals surface area contributed by atoms with Crippen molar-refractivity contribution in [1.82, 2.24) is 4.90 Å². The van der Waals surface area contributed by atoms with Gasteiger partial charge in [-0.25, -0.2) is 0 Å². The first kappa shape index (κ1) is 22.1. The molecule has 0 spiro atoms. The molecule has 0 saturated carbocycles. The maximum absolute atomic E-state index is 13.0. The van der Waals surface area contributed by atoms with Crippen molar-refractivity contribution >= 4 is 58.1 Å². The summed E-state index contributed by atoms with van der Waals surface area (Å²) in [5.41, 5.74) is 1.28. The van der Waals surface area contributed by atoms with Crippen LogP contribution >= 0.6 is 34.8 Å². The first-order valence-corrected chi connectivity index (χ1v) is 11.3. The molecule has 2 fully saturated rings. The van der Waals surface area contributed by atoms with E-state index < -0.39 is 5.92 Å². The number of hydrogen-bond donors (Lipinski definition) is 0. The van der Waals surface area contributed by atoms with Gasteiger partial charge in [-0.2, -0.15) is 0 Å². The molecule has 2 aliphatic heterocycles. The fraction of sp³-hybridized carbons (Fsp3) is 0.348. The first-order valence-electron chi connectivity index (χ1n) is 10.2. The van der Waals surface area contributed by atoms with Crippen LogP contribution in [0.25, 0.3) is 0 Å². The lowest BCUT2D eigenvalue weighted by Crippen LogP contribution is -2.45. The lowest BCUT2D eigenvalue weighted by molar-refractivity contribution is -0.140. The third kappa shape index (κ3) is 4.59. The molecule has 2 saturated heterocycles. The minimum atomic E-state index is -0.669. The van der Waals surface area contributed by atoms with Crippen LogP contribution < -0.4 is 4.90 Å². The number of amides is 2. The molecule has 8 heteroatoms. The van der Waals surface area contributed by atoms with Crippen LogP contribution in [-0.2, 0) is 9.59 Å². The van der Waals surface area contributed by atoms with Gasteiger partial charge in [-0.3, -0.25) is 14.4 Å². The van der Waals surface area contributed by atoms with Crippen LogP contribution in [0.2, 0.25) is 15.1 Å². The normalized spacial score (nSPS) is 19.7. The Kier molecular flexibility index (Phi) is 6.56. The molecule has 5 nitrogen and oxygen atoms in total. The summed E-state index contributed by atoms with van der Waals surface area (Å²) < 4.78 is 0. The number of ketones is 1. The minimum Gasteiger partial charge on any atom is -0.342 e. The highest BCUT2D eigenvalue weighted by molar-refractivity contribution is 6.42. The van der Waals surface area contributed by atoms with E-state index in [0.29, 0.717) is 59.5 Å². The number of anilines is 1. The maximum atomic E-state index is 13.0. The molecule has 2 amide bonds. The summed E-state index contributed by atoms with van der Waals surface area (Å²) in [4.78, 5) is 42.0. The van der Waals surface area contributed by atoms with E-state index in [-0.39, 0.29) is 23.5 Å². The lowest BCUT2D eigenvalue weighted by atomic mass is 9.88. The van der Waals surface area contributed by atoms with Gasteiger partial charge in [-0.15, -0.1) is 0 Å². The van der Waals surface area contributed by atoms with Gasteiger partial charge in [-0.1, -0.05) is 34.8 Å². The molecule has 0 aliphatic carbocycles. The summed E-state index contributed by atoms with van der Waals surface area (Å²) in [6, 6.07) is 11.9. The number of hydrogen-bond acceptors (Lipinski definition) is 3. The van der Waals surface area contributed by atoms with Crippen LogP contribution in [0.1, 0.15) is 29.6 Å². The van der Waals surface area contributed by atoms with Gasteiger partial charge in [-0.05, 0) is 61.7 Å². The third-order valence-corrected chi connectivity index (χ3v) is 7.01. The van der Waals surface area contributed by atoms with Crippen LogP contribution in [-0.4, -0.2) is 42.1 Å². The van der Waals surface area contributed by atoms with Gasteiger partial charge in [0.25, 0.3) is 0 Å². The number of likely N-dealkylation sites (tertiary alicyclic amines) is 1. The van der Waals surface area contributed by atoms with E-state index in [1.165, 1.54) is 0 Å². The van der Waals surface area contributed by atoms with Crippen LogP contribution in [0.3, 0.4) is 0 Å². The molecule has 1 atom stereocenters. The molecule has 2 aliphatic rings. The van der Waals surface area contributed by atoms with E-state index in [0.717, 1.165) is 5.69 Å². The zero-order valence-electron chi connectivity index (χ0n) is 16.7. The Hall–Kier alpha value is -2.08. The second kappa shape index (κ2) is 9.19. The van der Waals surface area contributed by atoms with Crippen LogP contribution in [0.5, 0.6) is 0 Å². The Bertz CT molecular complexity index is 1020. The average molecular weight is 480 g/mol. The summed E-state index contributed by atoms with van der Waals surface area (Å²) in [6.45, 7) is 1.42. The number of rotatable bonds is 4. The summed E-state index contributed by atoms with van der Waals surface area (Å²) in [6.07, 6.45) is 1.61. The van der Waals surface area contributed by atoms with E-state index in [9.17, 15) is 14.4 Å². The van der Waals surface area contributed by atoms with Gasteiger partial charge in [0.15, 0.2) is 5.78 Å². The van der Waals surface area contributed by atoms with Crippen molar-refractivity contribution in [1.29, 1.82) is 0 Å². The Labute approximate surface area is 195 Å². The van der Waals surface area contributed by atoms with Gasteiger partial charge >= 0.3 is 0 Å². The van der Waals surface area contributed by atoms with Crippen molar-refractivity contribution in [3.8, 4) is 0 Å². The molecule has 2 aromatic carbocycles. The standard InChI is InChI=1S/C23H21Cl3N2O3/c24-16-2-4-17(5-3-16)28-12-9-18(23(28)31)22(30)27-10-7-14(8-11-27)21(29)15-1-6-19(25)20(26)13-15/h1-6,13-14,18H,7-12H2. The monoisotopic (exact) mass is 478 g/mol. The zero-order valence-corrected chi connectivity index (χ0v) is 19.0. The molecule has 4 rings (SSSR count). The van der Waals surface area contributed by atoms with Gasteiger partial charge in [0.2, 0.25) is 11.8 Å². The minimum absolute atomic E-state index is 0.0107. The number of carbonyl (C=O) groups excluding carboxylic acids is 3. The van der Waals surface area contributed by atoms with Crippen molar-refractivity contribution in [3.63, 3.8) is 0 Å². The molecule has 1 unspecified atom stereocenters. The van der Waals surface area contributed by atoms with Crippen LogP contribution in [0.4, 0.5) is 5.69 Å². The fourth-order valence-corrected chi connectivity index (χ4v) is 4.68. The SMILES string of the molecule is O=C(c1ccc(Cl)c(Cl)c1)C1CCN(C(=O)C2CCN(c3ccc(Cl)cc3)C2=O)CC1. The van der Waals surface area contributed by atoms with Crippen molar-refractivity contribution < 1.29 is 14.4 Å². The summed E-state index contributed by atoms with van der Waals surface area (Å²) in [5, 5.41) is 1.36. The average Bonchev–Trinajstić information content (AvgIpc) is 3.16. The van der Waals surface area contributed by atoms with Gasteiger partial charge in [0.05, 0.1) is 10.0 Å². The molecule has 2 heterocycles. The molecular weight excluding hydrogens is 459 g/mol. The van der Waals surface area contributed by atoms with Crippen molar-refractivity contribution in [3.05, 3.63) is 63.1 Å². The Morgan fingerprint density at radius 2 is 1.52 bits per heavy atom.